The molecule has 3 N–H and O–H groups in total. The van der Waals surface area contributed by atoms with E-state index in [1.165, 1.54) is 0 Å². The summed E-state index contributed by atoms with van der Waals surface area (Å²) in [5.41, 5.74) is 0. The van der Waals surface area contributed by atoms with Crippen LogP contribution in [0.15, 0.2) is 0 Å². The number of rotatable bonds is 9. The van der Waals surface area contributed by atoms with Crippen molar-refractivity contribution in [2.45, 2.75) is 44.9 Å². The van der Waals surface area contributed by atoms with Crippen molar-refractivity contribution in [3.63, 3.8) is 0 Å². The maximum Gasteiger partial charge on any atom is 0.234 e. The molecule has 1 fully saturated rings. The topological polar surface area (TPSA) is 79.8 Å². The van der Waals surface area contributed by atoms with E-state index in [0.29, 0.717) is 13.2 Å². The smallest absolute Gasteiger partial charge is 0.234 e. The van der Waals surface area contributed by atoms with Crippen LogP contribution in [0.1, 0.15) is 26.7 Å². The van der Waals surface area contributed by atoms with Crippen molar-refractivity contribution < 1.29 is 19.4 Å². The van der Waals surface area contributed by atoms with Gasteiger partial charge < -0.3 is 25.2 Å². The second-order valence-electron chi connectivity index (χ2n) is 5.18. The summed E-state index contributed by atoms with van der Waals surface area (Å²) in [6, 6.07) is 0.133. The fourth-order valence-electron chi connectivity index (χ4n) is 1.90. The van der Waals surface area contributed by atoms with Gasteiger partial charge in [-0.2, -0.15) is 0 Å². The van der Waals surface area contributed by atoms with E-state index >= 15 is 0 Å². The first-order valence-electron chi connectivity index (χ1n) is 6.95. The summed E-state index contributed by atoms with van der Waals surface area (Å²) < 4.78 is 10.8. The van der Waals surface area contributed by atoms with E-state index in [2.05, 4.69) is 10.6 Å². The average molecular weight is 274 g/mol. The van der Waals surface area contributed by atoms with E-state index < -0.39 is 6.10 Å². The minimum atomic E-state index is -0.603. The second kappa shape index (κ2) is 9.25. The molecule has 1 aliphatic heterocycles. The highest BCUT2D eigenvalue weighted by atomic mass is 16.5. The highest BCUT2D eigenvalue weighted by Crippen LogP contribution is 2.11. The number of nitrogens with one attached hydrogen (secondary N) is 2. The molecule has 6 nitrogen and oxygen atoms in total. The van der Waals surface area contributed by atoms with Crippen LogP contribution in [0.2, 0.25) is 0 Å². The Balaban J connectivity index is 1.95. The van der Waals surface area contributed by atoms with Gasteiger partial charge in [-0.1, -0.05) is 0 Å². The van der Waals surface area contributed by atoms with Crippen LogP contribution < -0.4 is 10.6 Å². The van der Waals surface area contributed by atoms with Gasteiger partial charge in [-0.15, -0.1) is 0 Å². The summed E-state index contributed by atoms with van der Waals surface area (Å²) in [5.74, 6) is -0.0672. The summed E-state index contributed by atoms with van der Waals surface area (Å²) in [7, 11) is 0. The van der Waals surface area contributed by atoms with Crippen molar-refractivity contribution in [3.05, 3.63) is 0 Å². The molecule has 1 heterocycles. The van der Waals surface area contributed by atoms with Gasteiger partial charge in [0.15, 0.2) is 0 Å². The van der Waals surface area contributed by atoms with E-state index in [1.807, 2.05) is 13.8 Å². The number of carbonyl (C=O) groups is 1. The largest absolute Gasteiger partial charge is 0.389 e. The monoisotopic (exact) mass is 274 g/mol. The van der Waals surface area contributed by atoms with E-state index in [9.17, 15) is 9.90 Å². The third-order valence-electron chi connectivity index (χ3n) is 2.75. The first kappa shape index (κ1) is 16.4. The Morgan fingerprint density at radius 3 is 2.95 bits per heavy atom. The lowest BCUT2D eigenvalue weighted by atomic mass is 10.2. The molecule has 0 spiro atoms. The minimum absolute atomic E-state index is 0.0672. The molecule has 112 valence electrons. The van der Waals surface area contributed by atoms with Crippen molar-refractivity contribution in [2.75, 3.05) is 32.9 Å². The molecule has 0 aromatic carbocycles. The predicted octanol–water partition coefficient (Wildman–Crippen LogP) is -0.343. The van der Waals surface area contributed by atoms with Gasteiger partial charge in [-0.05, 0) is 26.7 Å². The molecule has 0 aromatic heterocycles. The Kier molecular flexibility index (Phi) is 7.97. The van der Waals surface area contributed by atoms with Gasteiger partial charge in [0.2, 0.25) is 5.91 Å². The van der Waals surface area contributed by atoms with E-state index in [-0.39, 0.29) is 31.2 Å². The molecular weight excluding hydrogens is 248 g/mol. The fourth-order valence-corrected chi connectivity index (χ4v) is 1.90. The van der Waals surface area contributed by atoms with Crippen molar-refractivity contribution in [2.24, 2.45) is 0 Å². The van der Waals surface area contributed by atoms with Crippen LogP contribution in [-0.4, -0.2) is 62.2 Å². The number of hydrogen-bond acceptors (Lipinski definition) is 5. The molecule has 1 amide bonds. The second-order valence-corrected chi connectivity index (χ2v) is 5.18. The van der Waals surface area contributed by atoms with E-state index in [0.717, 1.165) is 19.4 Å². The molecule has 2 unspecified atom stereocenters. The molecule has 19 heavy (non-hydrogen) atoms. The van der Waals surface area contributed by atoms with Gasteiger partial charge in [0.25, 0.3) is 0 Å². The maximum atomic E-state index is 11.3. The molecule has 2 atom stereocenters. The summed E-state index contributed by atoms with van der Waals surface area (Å²) in [4.78, 5) is 11.3. The van der Waals surface area contributed by atoms with Crippen LogP contribution in [0.25, 0.3) is 0 Å². The van der Waals surface area contributed by atoms with Crippen molar-refractivity contribution >= 4 is 5.91 Å². The number of ether oxygens (including phenoxy) is 2. The van der Waals surface area contributed by atoms with Gasteiger partial charge in [0.1, 0.15) is 0 Å². The molecular formula is C13H26N2O4. The summed E-state index contributed by atoms with van der Waals surface area (Å²) >= 11 is 0. The first-order chi connectivity index (χ1) is 9.08. The Morgan fingerprint density at radius 2 is 2.32 bits per heavy atom. The summed E-state index contributed by atoms with van der Waals surface area (Å²) in [6.45, 7) is 5.97. The van der Waals surface area contributed by atoms with E-state index in [1.54, 1.807) is 0 Å². The highest BCUT2D eigenvalue weighted by molar-refractivity contribution is 5.78. The van der Waals surface area contributed by atoms with Crippen molar-refractivity contribution in [3.8, 4) is 0 Å². The molecule has 6 heteroatoms. The Bertz CT molecular complexity index is 255. The Hall–Kier alpha value is -0.690. The van der Waals surface area contributed by atoms with Crippen LogP contribution in [0.4, 0.5) is 0 Å². The third kappa shape index (κ3) is 8.15. The van der Waals surface area contributed by atoms with Crippen LogP contribution in [0.3, 0.4) is 0 Å². The van der Waals surface area contributed by atoms with Crippen LogP contribution >= 0.6 is 0 Å². The molecule has 0 bridgehead atoms. The quantitative estimate of drug-likeness (QED) is 0.536. The van der Waals surface area contributed by atoms with Gasteiger partial charge >= 0.3 is 0 Å². The Labute approximate surface area is 114 Å². The number of amides is 1. The first-order valence-corrected chi connectivity index (χ1v) is 6.95. The summed E-state index contributed by atoms with van der Waals surface area (Å²) in [5, 5.41) is 15.3. The maximum absolute atomic E-state index is 11.3. The standard InChI is InChI=1S/C13H26N2O4/c1-10(2)15-13(17)7-14-6-11(16)8-18-9-12-4-3-5-19-12/h10-12,14,16H,3-9H2,1-2H3,(H,15,17). The molecule has 0 saturated carbocycles. The average Bonchev–Trinajstić information content (AvgIpc) is 2.81. The zero-order chi connectivity index (χ0) is 14.1. The van der Waals surface area contributed by atoms with Crippen LogP contribution in [0, 0.1) is 0 Å². The lowest BCUT2D eigenvalue weighted by Crippen LogP contribution is -2.40. The SMILES string of the molecule is CC(C)NC(=O)CNCC(O)COCC1CCCO1. The summed E-state index contributed by atoms with van der Waals surface area (Å²) in [6.07, 6.45) is 1.69. The van der Waals surface area contributed by atoms with Crippen LogP contribution in [-0.2, 0) is 14.3 Å². The molecule has 0 radical (unpaired) electrons. The van der Waals surface area contributed by atoms with Crippen molar-refractivity contribution in [1.82, 2.24) is 10.6 Å². The van der Waals surface area contributed by atoms with Gasteiger partial charge in [-0.25, -0.2) is 0 Å². The zero-order valence-corrected chi connectivity index (χ0v) is 11.9. The number of aliphatic hydroxyl groups is 1. The lowest BCUT2D eigenvalue weighted by Gasteiger charge is -2.15. The normalized spacial score (nSPS) is 20.7. The minimum Gasteiger partial charge on any atom is -0.389 e. The van der Waals surface area contributed by atoms with Gasteiger partial charge in [-0.3, -0.25) is 4.79 Å². The fraction of sp³-hybridized carbons (Fsp3) is 0.923. The number of carbonyl (C=O) groups excluding carboxylic acids is 1. The molecule has 1 rings (SSSR count). The lowest BCUT2D eigenvalue weighted by molar-refractivity contribution is -0.120. The highest BCUT2D eigenvalue weighted by Gasteiger charge is 2.16. The zero-order valence-electron chi connectivity index (χ0n) is 11.9. The molecule has 1 saturated heterocycles. The molecule has 0 aromatic rings. The number of hydrogen-bond donors (Lipinski definition) is 3. The third-order valence-corrected chi connectivity index (χ3v) is 2.75. The van der Waals surface area contributed by atoms with Crippen molar-refractivity contribution in [1.29, 1.82) is 0 Å². The van der Waals surface area contributed by atoms with Gasteiger partial charge in [0.05, 0.1) is 32.0 Å². The molecule has 0 aliphatic carbocycles. The van der Waals surface area contributed by atoms with E-state index in [4.69, 9.17) is 9.47 Å². The Morgan fingerprint density at radius 1 is 1.53 bits per heavy atom. The molecule has 1 aliphatic rings. The van der Waals surface area contributed by atoms with Crippen LogP contribution in [0.5, 0.6) is 0 Å². The van der Waals surface area contributed by atoms with Gasteiger partial charge in [0, 0.05) is 19.2 Å². The number of aliphatic hydroxyl groups excluding tert-OH is 1. The predicted molar refractivity (Wildman–Crippen MR) is 71.9 cm³/mol.